The second-order valence-electron chi connectivity index (χ2n) is 2.60. The normalized spacial score (nSPS) is 5.42. The van der Waals surface area contributed by atoms with Crippen molar-refractivity contribution in [3.63, 3.8) is 0 Å². The fourth-order valence-electron chi connectivity index (χ4n) is 0. The predicted octanol–water partition coefficient (Wildman–Crippen LogP) is -6.10. The molecule has 0 fully saturated rings. The zero-order chi connectivity index (χ0) is 26.4. The van der Waals surface area contributed by atoms with Crippen LogP contribution in [0.2, 0.25) is 0 Å². The summed E-state index contributed by atoms with van der Waals surface area (Å²) < 4.78 is 0. The van der Waals surface area contributed by atoms with Crippen LogP contribution in [-0.2, 0) is 44.8 Å². The van der Waals surface area contributed by atoms with Gasteiger partial charge in [0.15, 0.2) is 0 Å². The van der Waals surface area contributed by atoms with Crippen molar-refractivity contribution >= 4 is 0 Å². The first kappa shape index (κ1) is 76.9. The van der Waals surface area contributed by atoms with Crippen molar-refractivity contribution in [3.8, 4) is 0 Å². The number of hydrogen-bond donors (Lipinski definition) is 1. The number of rotatable bonds is 0. The predicted molar refractivity (Wildman–Crippen MR) is 103 cm³/mol. The number of aliphatic hydroxyl groups is 1. The van der Waals surface area contributed by atoms with Gasteiger partial charge in [-0.2, -0.15) is 0 Å². The van der Waals surface area contributed by atoms with E-state index in [2.05, 4.69) is 0 Å². The Kier molecular flexibility index (Phi) is 686. The molecule has 0 atom stereocenters. The van der Waals surface area contributed by atoms with Crippen molar-refractivity contribution in [1.82, 2.24) is 0 Å². The first-order valence-electron chi connectivity index (χ1n) is 9.41. The Morgan fingerprint density at radius 2 is 0.323 bits per heavy atom. The number of hydrogen-bond acceptors (Lipinski definition) is 10. The third-order valence-corrected chi connectivity index (χ3v) is 0. The summed E-state index contributed by atoms with van der Waals surface area (Å²) in [6.45, 7) is 14.1. The van der Waals surface area contributed by atoms with E-state index in [1.54, 1.807) is 62.3 Å². The topological polar surface area (TPSA) is 228 Å². The van der Waals surface area contributed by atoms with Crippen LogP contribution in [0.25, 0.3) is 0 Å². The van der Waals surface area contributed by atoms with Crippen LogP contribution in [0.3, 0.4) is 0 Å². The summed E-state index contributed by atoms with van der Waals surface area (Å²) in [6, 6.07) is 0. The third kappa shape index (κ3) is 22500. The van der Waals surface area contributed by atoms with Crippen LogP contribution in [-0.4, -0.2) is 71.7 Å². The van der Waals surface area contributed by atoms with Crippen molar-refractivity contribution < 1.29 is 95.8 Å². The molecule has 1 radical (unpaired) electrons. The Morgan fingerprint density at radius 1 is 0.323 bits per heavy atom. The summed E-state index contributed by atoms with van der Waals surface area (Å²) in [4.78, 5) is 0. The maximum atomic E-state index is 8.93. The van der Waals surface area contributed by atoms with Gasteiger partial charge in [-0.15, -0.1) is 59.5 Å². The van der Waals surface area contributed by atoms with Crippen molar-refractivity contribution in [2.45, 2.75) is 62.3 Å². The van der Waals surface area contributed by atoms with Gasteiger partial charge < -0.3 is 51.1 Å². The molecular formula is C19H49O10Ta2-4. The minimum atomic E-state index is 0. The minimum absolute atomic E-state index is 0. The molecular weight excluding hydrogens is 750 g/mol. The molecule has 0 amide bonds. The van der Waals surface area contributed by atoms with E-state index < -0.39 is 0 Å². The molecule has 0 aliphatic carbocycles. The quantitative estimate of drug-likeness (QED) is 0.244. The average molecular weight is 799 g/mol. The van der Waals surface area contributed by atoms with Gasteiger partial charge in [0.05, 0.1) is 0 Å². The van der Waals surface area contributed by atoms with E-state index in [9.17, 15) is 0 Å². The second-order valence-corrected chi connectivity index (χ2v) is 2.60. The molecule has 199 valence electrons. The van der Waals surface area contributed by atoms with Gasteiger partial charge in [0, 0.05) is 29.5 Å². The Bertz CT molecular complexity index is 66.2. The summed E-state index contributed by atoms with van der Waals surface area (Å²) in [6.07, 6.45) is 0. The minimum Gasteiger partial charge on any atom is -0.855 e. The summed E-state index contributed by atoms with van der Waals surface area (Å²) >= 11 is 0. The molecule has 0 aliphatic heterocycles. The average Bonchev–Trinajstić information content (AvgIpc) is 2.62. The van der Waals surface area contributed by atoms with Crippen LogP contribution in [0.1, 0.15) is 62.3 Å². The Hall–Kier alpha value is 1.08. The van der Waals surface area contributed by atoms with Crippen LogP contribution in [0.5, 0.6) is 0 Å². The van der Waals surface area contributed by atoms with Crippen molar-refractivity contribution in [2.75, 3.05) is 66.6 Å². The van der Waals surface area contributed by atoms with Gasteiger partial charge in [-0.05, 0) is 0 Å². The van der Waals surface area contributed by atoms with Gasteiger partial charge in [0.1, 0.15) is 0 Å². The summed E-state index contributed by atoms with van der Waals surface area (Å²) in [7, 11) is 1.00. The molecule has 0 aliphatic rings. The van der Waals surface area contributed by atoms with Crippen molar-refractivity contribution in [3.05, 3.63) is 0 Å². The van der Waals surface area contributed by atoms with Crippen LogP contribution in [0.4, 0.5) is 0 Å². The molecule has 1 N–H and O–H groups in total. The molecule has 31 heavy (non-hydrogen) atoms. The standard InChI is InChI=1S/9C2H5O.CH4O.2Ta/c9*1-2-3;1-2;;/h9*2H2,1H3;2H,1H3;;/q9*-1;;;+5. The fraction of sp³-hybridized carbons (Fsp3) is 1.00. The van der Waals surface area contributed by atoms with Crippen LogP contribution in [0, 0.1) is 0 Å². The van der Waals surface area contributed by atoms with Gasteiger partial charge in [-0.25, -0.2) is 0 Å². The Balaban J connectivity index is -0.0000000129. The third-order valence-electron chi connectivity index (χ3n) is 0. The SMILES string of the molecule is CC[O-].CC[O-].CC[O-].CC[O-].CC[O-].CC[O-].CC[O-].CC[O-].CC[O-].CO.[Ta+5].[Ta]. The van der Waals surface area contributed by atoms with E-state index in [0.29, 0.717) is 0 Å². The number of aliphatic hydroxyl groups excluding tert-OH is 1. The van der Waals surface area contributed by atoms with E-state index in [1.165, 1.54) is 0 Å². The zero-order valence-corrected chi connectivity index (χ0v) is 27.8. The van der Waals surface area contributed by atoms with Gasteiger partial charge in [0.2, 0.25) is 0 Å². The molecule has 10 nitrogen and oxygen atoms in total. The van der Waals surface area contributed by atoms with E-state index >= 15 is 0 Å². The first-order chi connectivity index (χ1) is 13.7. The summed E-state index contributed by atoms with van der Waals surface area (Å²) in [5.74, 6) is 0. The Morgan fingerprint density at radius 3 is 0.323 bits per heavy atom. The molecule has 0 saturated heterocycles. The largest absolute Gasteiger partial charge is 5.00 e. The molecule has 0 aromatic carbocycles. The van der Waals surface area contributed by atoms with E-state index in [0.717, 1.165) is 7.11 Å². The van der Waals surface area contributed by atoms with Gasteiger partial charge in [0.25, 0.3) is 0 Å². The fourth-order valence-corrected chi connectivity index (χ4v) is 0. The van der Waals surface area contributed by atoms with Gasteiger partial charge in [-0.1, -0.05) is 62.3 Å². The van der Waals surface area contributed by atoms with E-state index in [1.807, 2.05) is 0 Å². The molecule has 0 saturated carbocycles. The Labute approximate surface area is 224 Å². The van der Waals surface area contributed by atoms with Crippen LogP contribution < -0.4 is 46.0 Å². The maximum absolute atomic E-state index is 8.93. The first-order valence-corrected chi connectivity index (χ1v) is 9.41. The summed E-state index contributed by atoms with van der Waals surface area (Å²) in [5, 5.41) is 87.4. The molecule has 0 spiro atoms. The summed E-state index contributed by atoms with van der Waals surface area (Å²) in [5.41, 5.74) is 0. The van der Waals surface area contributed by atoms with Gasteiger partial charge in [-0.3, -0.25) is 0 Å². The second kappa shape index (κ2) is 277. The molecule has 0 heterocycles. The smallest absolute Gasteiger partial charge is 0.855 e. The molecule has 0 aromatic heterocycles. The van der Waals surface area contributed by atoms with Gasteiger partial charge >= 0.3 is 22.4 Å². The monoisotopic (exact) mass is 799 g/mol. The molecule has 0 aromatic rings. The maximum Gasteiger partial charge on any atom is 5.00 e. The van der Waals surface area contributed by atoms with E-state index in [-0.39, 0.29) is 104 Å². The van der Waals surface area contributed by atoms with Crippen LogP contribution in [0.15, 0.2) is 0 Å². The zero-order valence-electron chi connectivity index (χ0n) is 21.4. The van der Waals surface area contributed by atoms with Crippen molar-refractivity contribution in [1.29, 1.82) is 0 Å². The van der Waals surface area contributed by atoms with E-state index in [4.69, 9.17) is 51.1 Å². The molecule has 0 bridgehead atoms. The molecule has 0 rings (SSSR count). The van der Waals surface area contributed by atoms with Crippen LogP contribution >= 0.6 is 0 Å². The molecule has 0 unspecified atom stereocenters. The van der Waals surface area contributed by atoms with Crippen molar-refractivity contribution in [2.24, 2.45) is 0 Å². The molecule has 12 heteroatoms.